The van der Waals surface area contributed by atoms with Crippen LogP contribution in [0.4, 0.5) is 0 Å². The van der Waals surface area contributed by atoms with Crippen LogP contribution in [0.25, 0.3) is 0 Å². The monoisotopic (exact) mass is 454 g/mol. The van der Waals surface area contributed by atoms with E-state index in [0.717, 1.165) is 5.57 Å². The second kappa shape index (κ2) is 15.8. The molecule has 0 saturated carbocycles. The fraction of sp³-hybridized carbons (Fsp3) is 0.565. The normalized spacial score (nSPS) is 12.3. The lowest BCUT2D eigenvalue weighted by Crippen LogP contribution is -2.41. The van der Waals surface area contributed by atoms with Crippen LogP contribution in [0, 0.1) is 11.3 Å². The predicted molar refractivity (Wildman–Crippen MR) is 116 cm³/mol. The summed E-state index contributed by atoms with van der Waals surface area (Å²) in [5.74, 6) is -3.76. The number of aliphatic hydroxyl groups excluding tert-OH is 1. The average molecular weight is 455 g/mol. The molecule has 0 radical (unpaired) electrons. The molecule has 0 aromatic rings. The zero-order chi connectivity index (χ0) is 24.6. The molecule has 0 saturated heterocycles. The number of carbonyl (C=O) groups excluding carboxylic acids is 4. The van der Waals surface area contributed by atoms with Crippen molar-refractivity contribution < 1.29 is 43.2 Å². The van der Waals surface area contributed by atoms with Crippen molar-refractivity contribution in [2.75, 3.05) is 35.0 Å². The molecule has 0 fully saturated rings. The molecule has 0 aliphatic heterocycles. The van der Waals surface area contributed by atoms with Crippen molar-refractivity contribution >= 4 is 23.9 Å². The summed E-state index contributed by atoms with van der Waals surface area (Å²) < 4.78 is 19.0. The second-order valence-electron chi connectivity index (χ2n) is 7.04. The van der Waals surface area contributed by atoms with Crippen LogP contribution in [0.5, 0.6) is 0 Å². The molecule has 0 aromatic carbocycles. The Bertz CT molecular complexity index is 687. The zero-order valence-corrected chi connectivity index (χ0v) is 19.4. The third-order valence-electron chi connectivity index (χ3n) is 4.97. The fourth-order valence-electron chi connectivity index (χ4n) is 3.06. The lowest BCUT2D eigenvalue weighted by Gasteiger charge is -2.27. The van der Waals surface area contributed by atoms with Crippen molar-refractivity contribution in [3.8, 4) is 0 Å². The van der Waals surface area contributed by atoms with E-state index in [2.05, 4.69) is 9.47 Å². The molecule has 1 N–H and O–H groups in total. The minimum atomic E-state index is -1.53. The zero-order valence-electron chi connectivity index (χ0n) is 19.4. The fourth-order valence-corrected chi connectivity index (χ4v) is 3.06. The third-order valence-corrected chi connectivity index (χ3v) is 4.97. The molecule has 9 heteroatoms. The summed E-state index contributed by atoms with van der Waals surface area (Å²) in [6.45, 7) is 1.70. The number of hydrogen-bond acceptors (Lipinski definition) is 9. The maximum atomic E-state index is 12.5. The van der Waals surface area contributed by atoms with E-state index in [4.69, 9.17) is 14.6 Å². The molecule has 0 aliphatic carbocycles. The molecular formula is C23H34O9. The first-order chi connectivity index (χ1) is 15.2. The predicted octanol–water partition coefficient (Wildman–Crippen LogP) is 2.28. The molecule has 0 aliphatic rings. The number of rotatable bonds is 14. The van der Waals surface area contributed by atoms with Crippen molar-refractivity contribution in [1.29, 1.82) is 0 Å². The van der Waals surface area contributed by atoms with Gasteiger partial charge in [0.25, 0.3) is 0 Å². The lowest BCUT2D eigenvalue weighted by atomic mass is 9.78. The molecule has 0 heterocycles. The number of ether oxygens (including phenoxy) is 4. The summed E-state index contributed by atoms with van der Waals surface area (Å²) >= 11 is 0. The molecule has 0 aromatic heterocycles. The van der Waals surface area contributed by atoms with E-state index < -0.39 is 35.2 Å². The van der Waals surface area contributed by atoms with Gasteiger partial charge in [0, 0.05) is 0 Å². The Morgan fingerprint density at radius 1 is 0.875 bits per heavy atom. The standard InChI is InChI=1S/C23H34O9/c1-17(11-10-12-18(19(25)29-2)20(26)30-3)13-15-23(21(27)31-4,22(28)32-5)14-8-6-7-9-16-24/h6-9,11,18,24H,10,12-16H2,1-5H3/b8-6?,9-7+,17-11+. The number of hydrogen-bond donors (Lipinski definition) is 1. The molecule has 9 nitrogen and oxygen atoms in total. The van der Waals surface area contributed by atoms with Crippen LogP contribution in [-0.2, 0) is 38.1 Å². The van der Waals surface area contributed by atoms with Gasteiger partial charge in [-0.3, -0.25) is 19.2 Å². The van der Waals surface area contributed by atoms with Gasteiger partial charge in [-0.1, -0.05) is 36.0 Å². The van der Waals surface area contributed by atoms with Crippen molar-refractivity contribution in [2.24, 2.45) is 11.3 Å². The van der Waals surface area contributed by atoms with E-state index in [0.29, 0.717) is 12.8 Å². The summed E-state index contributed by atoms with van der Waals surface area (Å²) in [5, 5.41) is 8.79. The van der Waals surface area contributed by atoms with Gasteiger partial charge >= 0.3 is 23.9 Å². The Kier molecular flexibility index (Phi) is 14.3. The van der Waals surface area contributed by atoms with E-state index in [9.17, 15) is 19.2 Å². The van der Waals surface area contributed by atoms with Crippen LogP contribution in [0.3, 0.4) is 0 Å². The molecule has 0 atom stereocenters. The second-order valence-corrected chi connectivity index (χ2v) is 7.04. The van der Waals surface area contributed by atoms with E-state index in [1.807, 2.05) is 13.0 Å². The molecule has 0 rings (SSSR count). The third kappa shape index (κ3) is 9.05. The summed E-state index contributed by atoms with van der Waals surface area (Å²) in [5.41, 5.74) is -0.664. The van der Waals surface area contributed by atoms with Gasteiger partial charge in [-0.2, -0.15) is 0 Å². The minimum Gasteiger partial charge on any atom is -0.468 e. The van der Waals surface area contributed by atoms with Crippen LogP contribution in [0.15, 0.2) is 36.0 Å². The number of aliphatic hydroxyl groups is 1. The van der Waals surface area contributed by atoms with Crippen molar-refractivity contribution in [1.82, 2.24) is 0 Å². The van der Waals surface area contributed by atoms with Crippen LogP contribution >= 0.6 is 0 Å². The first-order valence-corrected chi connectivity index (χ1v) is 10.1. The SMILES string of the molecule is COC(=O)C(CC/C=C(\C)CCC(CC=C/C=C/CO)(C(=O)OC)C(=O)OC)C(=O)OC. The van der Waals surface area contributed by atoms with Crippen LogP contribution in [-0.4, -0.2) is 64.0 Å². The largest absolute Gasteiger partial charge is 0.468 e. The van der Waals surface area contributed by atoms with Gasteiger partial charge in [0.05, 0.1) is 35.0 Å². The number of allylic oxidation sites excluding steroid dienone is 5. The smallest absolute Gasteiger partial charge is 0.323 e. The van der Waals surface area contributed by atoms with Gasteiger partial charge in [-0.05, 0) is 39.0 Å². The van der Waals surface area contributed by atoms with Crippen LogP contribution in [0.1, 0.15) is 39.0 Å². The Labute approximate surface area is 189 Å². The molecular weight excluding hydrogens is 420 g/mol. The Morgan fingerprint density at radius 2 is 1.41 bits per heavy atom. The van der Waals surface area contributed by atoms with E-state index in [1.54, 1.807) is 18.2 Å². The molecule has 0 unspecified atom stereocenters. The number of esters is 4. The highest BCUT2D eigenvalue weighted by Crippen LogP contribution is 2.34. The highest BCUT2D eigenvalue weighted by molar-refractivity contribution is 6.00. The van der Waals surface area contributed by atoms with E-state index in [-0.39, 0.29) is 25.9 Å². The van der Waals surface area contributed by atoms with Gasteiger partial charge < -0.3 is 24.1 Å². The Hall–Kier alpha value is -2.94. The highest BCUT2D eigenvalue weighted by atomic mass is 16.6. The number of carbonyl (C=O) groups is 4. The van der Waals surface area contributed by atoms with Crippen molar-refractivity contribution in [3.63, 3.8) is 0 Å². The molecule has 0 spiro atoms. The Morgan fingerprint density at radius 3 is 1.88 bits per heavy atom. The molecule has 0 amide bonds. The van der Waals surface area contributed by atoms with Gasteiger partial charge in [-0.15, -0.1) is 0 Å². The van der Waals surface area contributed by atoms with Crippen molar-refractivity contribution in [2.45, 2.75) is 39.0 Å². The van der Waals surface area contributed by atoms with Gasteiger partial charge in [0.15, 0.2) is 11.3 Å². The van der Waals surface area contributed by atoms with Gasteiger partial charge in [0.2, 0.25) is 0 Å². The quantitative estimate of drug-likeness (QED) is 0.138. The maximum Gasteiger partial charge on any atom is 0.323 e. The molecule has 32 heavy (non-hydrogen) atoms. The Balaban J connectivity index is 5.39. The summed E-state index contributed by atoms with van der Waals surface area (Å²) in [4.78, 5) is 48.6. The van der Waals surface area contributed by atoms with Crippen LogP contribution in [0.2, 0.25) is 0 Å². The average Bonchev–Trinajstić information content (AvgIpc) is 2.81. The first-order valence-electron chi connectivity index (χ1n) is 10.1. The summed E-state index contributed by atoms with van der Waals surface area (Å²) in [7, 11) is 4.81. The summed E-state index contributed by atoms with van der Waals surface area (Å²) in [6.07, 6.45) is 9.38. The van der Waals surface area contributed by atoms with E-state index in [1.165, 1.54) is 34.5 Å². The minimum absolute atomic E-state index is 0.0577. The molecule has 0 bridgehead atoms. The van der Waals surface area contributed by atoms with Crippen molar-refractivity contribution in [3.05, 3.63) is 36.0 Å². The maximum absolute atomic E-state index is 12.5. The van der Waals surface area contributed by atoms with Gasteiger partial charge in [-0.25, -0.2) is 0 Å². The van der Waals surface area contributed by atoms with E-state index >= 15 is 0 Å². The summed E-state index contributed by atoms with van der Waals surface area (Å²) in [6, 6.07) is 0. The highest BCUT2D eigenvalue weighted by Gasteiger charge is 2.47. The number of methoxy groups -OCH3 is 4. The molecule has 180 valence electrons. The van der Waals surface area contributed by atoms with Gasteiger partial charge in [0.1, 0.15) is 0 Å². The topological polar surface area (TPSA) is 125 Å². The first kappa shape index (κ1) is 29.1. The van der Waals surface area contributed by atoms with Crippen LogP contribution < -0.4 is 0 Å². The lowest BCUT2D eigenvalue weighted by molar-refractivity contribution is -0.169.